The van der Waals surface area contributed by atoms with Gasteiger partial charge in [0.25, 0.3) is 0 Å². The zero-order valence-corrected chi connectivity index (χ0v) is 14.5. The molecule has 1 aromatic carbocycles. The Balaban J connectivity index is 1.65. The maximum Gasteiger partial charge on any atom is 0.217 e. The Labute approximate surface area is 153 Å². The first-order valence-corrected chi connectivity index (χ1v) is 8.32. The molecular weight excluding hydrogens is 367 g/mol. The topological polar surface area (TPSA) is 79.9 Å². The normalized spacial score (nSPS) is 23.2. The third-order valence-corrected chi connectivity index (χ3v) is 4.44. The third kappa shape index (κ3) is 3.38. The maximum absolute atomic E-state index is 6.41. The van der Waals surface area contributed by atoms with Crippen molar-refractivity contribution in [1.82, 2.24) is 29.5 Å². The fourth-order valence-electron chi connectivity index (χ4n) is 2.83. The molecule has 0 spiro atoms. The first-order valence-electron chi connectivity index (χ1n) is 7.57. The van der Waals surface area contributed by atoms with Crippen LogP contribution in [0, 0.1) is 0 Å². The van der Waals surface area contributed by atoms with Gasteiger partial charge in [-0.25, -0.2) is 14.6 Å². The van der Waals surface area contributed by atoms with Crippen LogP contribution in [0.2, 0.25) is 10.0 Å². The van der Waals surface area contributed by atoms with Gasteiger partial charge in [-0.15, -0.1) is 0 Å². The Bertz CT molecular complexity index is 842. The second-order valence-corrected chi connectivity index (χ2v) is 6.48. The van der Waals surface area contributed by atoms with Crippen LogP contribution in [0.1, 0.15) is 5.56 Å². The SMILES string of the molecule is Clc1ccc(C2(Cn3cncn3)OCC(Cn3cncn3)O2)c(Cl)c1. The highest BCUT2D eigenvalue weighted by Gasteiger charge is 2.45. The first-order chi connectivity index (χ1) is 12.1. The van der Waals surface area contributed by atoms with E-state index in [1.165, 1.54) is 12.7 Å². The third-order valence-electron chi connectivity index (χ3n) is 3.89. The van der Waals surface area contributed by atoms with Gasteiger partial charge >= 0.3 is 0 Å². The summed E-state index contributed by atoms with van der Waals surface area (Å²) < 4.78 is 15.7. The lowest BCUT2D eigenvalue weighted by molar-refractivity contribution is -0.189. The minimum atomic E-state index is -1.08. The van der Waals surface area contributed by atoms with Crippen molar-refractivity contribution in [1.29, 1.82) is 0 Å². The van der Waals surface area contributed by atoms with Crippen LogP contribution in [0.15, 0.2) is 43.5 Å². The lowest BCUT2D eigenvalue weighted by atomic mass is 10.1. The number of nitrogens with zero attached hydrogens (tertiary/aromatic N) is 6. The van der Waals surface area contributed by atoms with Crippen molar-refractivity contribution in [3.8, 4) is 0 Å². The zero-order chi connectivity index (χ0) is 17.3. The quantitative estimate of drug-likeness (QED) is 0.674. The van der Waals surface area contributed by atoms with Crippen LogP contribution < -0.4 is 0 Å². The molecule has 3 aromatic rings. The van der Waals surface area contributed by atoms with Crippen molar-refractivity contribution >= 4 is 23.2 Å². The van der Waals surface area contributed by atoms with E-state index >= 15 is 0 Å². The van der Waals surface area contributed by atoms with Crippen molar-refractivity contribution in [3.05, 3.63) is 59.1 Å². The smallest absolute Gasteiger partial charge is 0.217 e. The molecule has 0 bridgehead atoms. The molecule has 1 fully saturated rings. The highest BCUT2D eigenvalue weighted by atomic mass is 35.5. The van der Waals surface area contributed by atoms with E-state index in [1.807, 2.05) is 0 Å². The van der Waals surface area contributed by atoms with Gasteiger partial charge in [-0.1, -0.05) is 29.3 Å². The van der Waals surface area contributed by atoms with Crippen LogP contribution in [-0.4, -0.2) is 42.2 Å². The largest absolute Gasteiger partial charge is 0.342 e. The van der Waals surface area contributed by atoms with Crippen molar-refractivity contribution in [2.24, 2.45) is 0 Å². The summed E-state index contributed by atoms with van der Waals surface area (Å²) in [6, 6.07) is 5.22. The number of rotatable bonds is 5. The molecule has 4 rings (SSSR count). The van der Waals surface area contributed by atoms with Crippen molar-refractivity contribution in [2.45, 2.75) is 25.0 Å². The molecule has 25 heavy (non-hydrogen) atoms. The fraction of sp³-hybridized carbons (Fsp3) is 0.333. The second kappa shape index (κ2) is 6.72. The number of ether oxygens (including phenoxy) is 2. The molecule has 2 atom stereocenters. The fourth-order valence-corrected chi connectivity index (χ4v) is 3.38. The summed E-state index contributed by atoms with van der Waals surface area (Å²) in [6.07, 6.45) is 5.96. The van der Waals surface area contributed by atoms with E-state index in [0.717, 1.165) is 0 Å². The molecule has 0 aliphatic carbocycles. The van der Waals surface area contributed by atoms with Crippen molar-refractivity contribution in [2.75, 3.05) is 6.61 Å². The molecule has 8 nitrogen and oxygen atoms in total. The Kier molecular flexibility index (Phi) is 4.43. The molecular formula is C15H14Cl2N6O2. The summed E-state index contributed by atoms with van der Waals surface area (Å²) in [7, 11) is 0. The van der Waals surface area contributed by atoms with Crippen LogP contribution in [0.3, 0.4) is 0 Å². The number of hydrogen-bond donors (Lipinski definition) is 0. The lowest BCUT2D eigenvalue weighted by Crippen LogP contribution is -2.34. The second-order valence-electron chi connectivity index (χ2n) is 5.64. The van der Waals surface area contributed by atoms with E-state index in [9.17, 15) is 0 Å². The molecule has 2 aromatic heterocycles. The van der Waals surface area contributed by atoms with Gasteiger partial charge in [0.2, 0.25) is 5.79 Å². The first kappa shape index (κ1) is 16.5. The Morgan fingerprint density at radius 3 is 2.56 bits per heavy atom. The summed E-state index contributed by atoms with van der Waals surface area (Å²) in [5, 5.41) is 9.26. The van der Waals surface area contributed by atoms with E-state index in [-0.39, 0.29) is 6.10 Å². The van der Waals surface area contributed by atoms with Crippen LogP contribution in [0.5, 0.6) is 0 Å². The average Bonchev–Trinajstić information content (AvgIpc) is 3.31. The van der Waals surface area contributed by atoms with E-state index in [2.05, 4.69) is 20.2 Å². The molecule has 1 saturated heterocycles. The molecule has 130 valence electrons. The van der Waals surface area contributed by atoms with Gasteiger partial charge in [0.1, 0.15) is 38.0 Å². The van der Waals surface area contributed by atoms with Crippen LogP contribution >= 0.6 is 23.2 Å². The minimum absolute atomic E-state index is 0.211. The Morgan fingerprint density at radius 1 is 1.12 bits per heavy atom. The van der Waals surface area contributed by atoms with Gasteiger partial charge in [0, 0.05) is 10.6 Å². The summed E-state index contributed by atoms with van der Waals surface area (Å²) in [6.45, 7) is 1.21. The number of benzene rings is 1. The van der Waals surface area contributed by atoms with Gasteiger partial charge in [0.15, 0.2) is 0 Å². The van der Waals surface area contributed by atoms with Gasteiger partial charge in [-0.05, 0) is 12.1 Å². The molecule has 0 radical (unpaired) electrons. The molecule has 3 heterocycles. The number of halogens is 2. The zero-order valence-electron chi connectivity index (χ0n) is 13.0. The highest BCUT2D eigenvalue weighted by Crippen LogP contribution is 2.40. The van der Waals surface area contributed by atoms with E-state index in [1.54, 1.807) is 40.2 Å². The monoisotopic (exact) mass is 380 g/mol. The molecule has 1 aliphatic heterocycles. The van der Waals surface area contributed by atoms with E-state index in [0.29, 0.717) is 35.3 Å². The van der Waals surface area contributed by atoms with E-state index in [4.69, 9.17) is 32.7 Å². The van der Waals surface area contributed by atoms with Gasteiger partial charge in [0.05, 0.1) is 18.2 Å². The molecule has 2 unspecified atom stereocenters. The van der Waals surface area contributed by atoms with E-state index < -0.39 is 5.79 Å². The summed E-state index contributed by atoms with van der Waals surface area (Å²) in [4.78, 5) is 7.91. The lowest BCUT2D eigenvalue weighted by Gasteiger charge is -2.29. The number of hydrogen-bond acceptors (Lipinski definition) is 6. The van der Waals surface area contributed by atoms with Crippen LogP contribution in [0.25, 0.3) is 0 Å². The predicted octanol–water partition coefficient (Wildman–Crippen LogP) is 2.14. The Morgan fingerprint density at radius 2 is 1.88 bits per heavy atom. The van der Waals surface area contributed by atoms with Crippen molar-refractivity contribution in [3.63, 3.8) is 0 Å². The molecule has 1 aliphatic rings. The van der Waals surface area contributed by atoms with Crippen molar-refractivity contribution < 1.29 is 9.47 Å². The highest BCUT2D eigenvalue weighted by molar-refractivity contribution is 6.35. The summed E-state index contributed by atoms with van der Waals surface area (Å²) in [5.41, 5.74) is 0.690. The molecule has 0 amide bonds. The summed E-state index contributed by atoms with van der Waals surface area (Å²) in [5.74, 6) is -1.08. The molecule has 0 saturated carbocycles. The van der Waals surface area contributed by atoms with Crippen LogP contribution in [0.4, 0.5) is 0 Å². The standard InChI is InChI=1S/C15H14Cl2N6O2/c16-11-1-2-13(14(17)3-11)15(6-23-10-19-8-21-23)24-5-12(25-15)4-22-9-18-7-20-22/h1-3,7-10,12H,4-6H2. The van der Waals surface area contributed by atoms with Gasteiger partial charge in [-0.2, -0.15) is 10.2 Å². The van der Waals surface area contributed by atoms with Crippen LogP contribution in [-0.2, 0) is 28.4 Å². The van der Waals surface area contributed by atoms with Gasteiger partial charge in [-0.3, -0.25) is 4.68 Å². The minimum Gasteiger partial charge on any atom is -0.342 e. The Hall–Kier alpha value is -2.00. The molecule has 10 heteroatoms. The maximum atomic E-state index is 6.41. The van der Waals surface area contributed by atoms with Gasteiger partial charge < -0.3 is 9.47 Å². The predicted molar refractivity (Wildman–Crippen MR) is 89.0 cm³/mol. The summed E-state index contributed by atoms with van der Waals surface area (Å²) >= 11 is 12.4. The molecule has 0 N–H and O–H groups in total. The average molecular weight is 381 g/mol. The number of aromatic nitrogens is 6.